The van der Waals surface area contributed by atoms with E-state index in [1.54, 1.807) is 7.11 Å². The average Bonchev–Trinajstić information content (AvgIpc) is 2.30. The molecule has 1 N–H and O–H groups in total. The van der Waals surface area contributed by atoms with Crippen LogP contribution in [0.5, 0.6) is 11.5 Å². The highest BCUT2D eigenvalue weighted by molar-refractivity contribution is 5.45. The lowest BCUT2D eigenvalue weighted by molar-refractivity contribution is 0.200. The number of aryl methyl sites for hydroxylation is 2. The van der Waals surface area contributed by atoms with Gasteiger partial charge >= 0.3 is 0 Å². The van der Waals surface area contributed by atoms with E-state index in [1.165, 1.54) is 0 Å². The largest absolute Gasteiger partial charge is 0.497 e. The first-order valence-corrected chi connectivity index (χ1v) is 5.58. The first kappa shape index (κ1) is 14.8. The lowest BCUT2D eigenvalue weighted by Crippen LogP contribution is -2.04. The molecule has 0 spiro atoms. The summed E-state index contributed by atoms with van der Waals surface area (Å²) in [6.07, 6.45) is 0. The number of hydrogen-bond donors (Lipinski definition) is 1. The Morgan fingerprint density at radius 3 is 2.00 bits per heavy atom. The highest BCUT2D eigenvalue weighted by Gasteiger charge is 2.06. The van der Waals surface area contributed by atoms with Crippen LogP contribution in [0.25, 0.3) is 0 Å². The van der Waals surface area contributed by atoms with Gasteiger partial charge in [-0.05, 0) is 37.1 Å². The maximum absolute atomic E-state index is 8.66. The Bertz CT molecular complexity index is 285. The fourth-order valence-corrected chi connectivity index (χ4v) is 1.40. The van der Waals surface area contributed by atoms with Crippen molar-refractivity contribution in [3.63, 3.8) is 0 Å². The number of benzene rings is 1. The summed E-state index contributed by atoms with van der Waals surface area (Å²) in [4.78, 5) is 0. The van der Waals surface area contributed by atoms with Gasteiger partial charge in [-0.3, -0.25) is 0 Å². The Labute approximate surface area is 98.0 Å². The van der Waals surface area contributed by atoms with E-state index in [1.807, 2.05) is 39.8 Å². The third-order valence-electron chi connectivity index (χ3n) is 2.01. The molecule has 1 rings (SSSR count). The van der Waals surface area contributed by atoms with Gasteiger partial charge in [0, 0.05) is 0 Å². The molecule has 0 saturated heterocycles. The van der Waals surface area contributed by atoms with Crippen LogP contribution in [0.4, 0.5) is 0 Å². The smallest absolute Gasteiger partial charge is 0.125 e. The molecule has 0 aromatic heterocycles. The maximum atomic E-state index is 8.66. The molecule has 0 aliphatic carbocycles. The number of rotatable bonds is 4. The second-order valence-electron chi connectivity index (χ2n) is 3.16. The molecule has 0 radical (unpaired) electrons. The molecule has 0 aliphatic rings. The van der Waals surface area contributed by atoms with Gasteiger partial charge in [0.1, 0.15) is 18.1 Å². The molecule has 0 atom stereocenters. The molecule has 1 aromatic carbocycles. The Morgan fingerprint density at radius 1 is 1.12 bits per heavy atom. The maximum Gasteiger partial charge on any atom is 0.125 e. The van der Waals surface area contributed by atoms with Crippen LogP contribution in [0.3, 0.4) is 0 Å². The van der Waals surface area contributed by atoms with E-state index in [0.717, 1.165) is 22.6 Å². The zero-order valence-electron chi connectivity index (χ0n) is 10.8. The van der Waals surface area contributed by atoms with Gasteiger partial charge in [-0.1, -0.05) is 13.8 Å². The summed E-state index contributed by atoms with van der Waals surface area (Å²) in [5.41, 5.74) is 2.05. The molecule has 92 valence electrons. The van der Waals surface area contributed by atoms with E-state index in [0.29, 0.717) is 6.61 Å². The van der Waals surface area contributed by atoms with E-state index in [2.05, 4.69) is 0 Å². The first-order valence-electron chi connectivity index (χ1n) is 5.58. The highest BCUT2D eigenvalue weighted by Crippen LogP contribution is 2.27. The van der Waals surface area contributed by atoms with Crippen molar-refractivity contribution < 1.29 is 14.6 Å². The molecule has 0 saturated carbocycles. The quantitative estimate of drug-likeness (QED) is 0.858. The zero-order valence-corrected chi connectivity index (χ0v) is 10.8. The van der Waals surface area contributed by atoms with Crippen LogP contribution in [0.15, 0.2) is 12.1 Å². The predicted octanol–water partition coefficient (Wildman–Crippen LogP) is 2.71. The minimum absolute atomic E-state index is 0.0326. The van der Waals surface area contributed by atoms with Gasteiger partial charge in [-0.2, -0.15) is 0 Å². The topological polar surface area (TPSA) is 38.7 Å². The van der Waals surface area contributed by atoms with Crippen molar-refractivity contribution in [2.75, 3.05) is 20.3 Å². The molecule has 0 amide bonds. The molecule has 0 bridgehead atoms. The van der Waals surface area contributed by atoms with Crippen LogP contribution >= 0.6 is 0 Å². The Hall–Kier alpha value is -1.22. The molecule has 0 unspecified atom stereocenters. The normalized spacial score (nSPS) is 9.12. The van der Waals surface area contributed by atoms with Crippen molar-refractivity contribution in [3.05, 3.63) is 23.3 Å². The van der Waals surface area contributed by atoms with Gasteiger partial charge in [0.2, 0.25) is 0 Å². The number of hydrogen-bond acceptors (Lipinski definition) is 3. The number of methoxy groups -OCH3 is 1. The summed E-state index contributed by atoms with van der Waals surface area (Å²) < 4.78 is 10.5. The van der Waals surface area contributed by atoms with Crippen molar-refractivity contribution in [2.45, 2.75) is 27.7 Å². The molecule has 0 aliphatic heterocycles. The van der Waals surface area contributed by atoms with Crippen LogP contribution < -0.4 is 9.47 Å². The van der Waals surface area contributed by atoms with E-state index in [4.69, 9.17) is 14.6 Å². The lowest BCUT2D eigenvalue weighted by atomic mass is 10.1. The van der Waals surface area contributed by atoms with Gasteiger partial charge < -0.3 is 14.6 Å². The number of ether oxygens (including phenoxy) is 2. The van der Waals surface area contributed by atoms with Crippen molar-refractivity contribution in [2.24, 2.45) is 0 Å². The van der Waals surface area contributed by atoms with Crippen molar-refractivity contribution in [1.29, 1.82) is 0 Å². The van der Waals surface area contributed by atoms with E-state index in [-0.39, 0.29) is 6.61 Å². The minimum Gasteiger partial charge on any atom is -0.497 e. The Morgan fingerprint density at radius 2 is 1.62 bits per heavy atom. The van der Waals surface area contributed by atoms with Crippen molar-refractivity contribution in [1.82, 2.24) is 0 Å². The fraction of sp³-hybridized carbons (Fsp3) is 0.538. The van der Waals surface area contributed by atoms with Crippen molar-refractivity contribution >= 4 is 0 Å². The summed E-state index contributed by atoms with van der Waals surface area (Å²) in [5.74, 6) is 1.66. The average molecular weight is 226 g/mol. The minimum atomic E-state index is 0.0326. The molecule has 0 heterocycles. The number of aliphatic hydroxyl groups is 1. The van der Waals surface area contributed by atoms with E-state index >= 15 is 0 Å². The first-order chi connectivity index (χ1) is 7.69. The molecule has 0 fully saturated rings. The Balaban J connectivity index is 0.00000106. The summed E-state index contributed by atoms with van der Waals surface area (Å²) >= 11 is 0. The fourth-order valence-electron chi connectivity index (χ4n) is 1.40. The van der Waals surface area contributed by atoms with E-state index in [9.17, 15) is 0 Å². The molecule has 3 heteroatoms. The zero-order chi connectivity index (χ0) is 12.6. The molecule has 16 heavy (non-hydrogen) atoms. The van der Waals surface area contributed by atoms with Crippen LogP contribution in [0.1, 0.15) is 25.0 Å². The van der Waals surface area contributed by atoms with Gasteiger partial charge in [0.25, 0.3) is 0 Å². The summed E-state index contributed by atoms with van der Waals surface area (Å²) in [6.45, 7) is 8.28. The SMILES string of the molecule is CC.COc1cc(C)c(OCCO)c(C)c1. The molecular weight excluding hydrogens is 204 g/mol. The van der Waals surface area contributed by atoms with E-state index < -0.39 is 0 Å². The van der Waals surface area contributed by atoms with Crippen LogP contribution in [-0.2, 0) is 0 Å². The predicted molar refractivity (Wildman–Crippen MR) is 66.4 cm³/mol. The van der Waals surface area contributed by atoms with Gasteiger partial charge in [0.05, 0.1) is 13.7 Å². The molecule has 1 aromatic rings. The second kappa shape index (κ2) is 7.99. The summed E-state index contributed by atoms with van der Waals surface area (Å²) in [5, 5.41) is 8.66. The Kier molecular flexibility index (Phi) is 7.38. The van der Waals surface area contributed by atoms with Gasteiger partial charge in [0.15, 0.2) is 0 Å². The second-order valence-corrected chi connectivity index (χ2v) is 3.16. The standard InChI is InChI=1S/C11H16O3.C2H6/c1-8-6-10(13-3)7-9(2)11(8)14-5-4-12;1-2/h6-7,12H,4-5H2,1-3H3;1-2H3. The summed E-state index contributed by atoms with van der Waals surface area (Å²) in [7, 11) is 1.64. The number of aliphatic hydroxyl groups excluding tert-OH is 1. The van der Waals surface area contributed by atoms with Crippen LogP contribution in [0, 0.1) is 13.8 Å². The van der Waals surface area contributed by atoms with Gasteiger partial charge in [-0.25, -0.2) is 0 Å². The van der Waals surface area contributed by atoms with Crippen LogP contribution in [0.2, 0.25) is 0 Å². The van der Waals surface area contributed by atoms with Crippen LogP contribution in [-0.4, -0.2) is 25.4 Å². The monoisotopic (exact) mass is 226 g/mol. The summed E-state index contributed by atoms with van der Waals surface area (Å²) in [6, 6.07) is 3.83. The third-order valence-corrected chi connectivity index (χ3v) is 2.01. The third kappa shape index (κ3) is 4.11. The van der Waals surface area contributed by atoms with Gasteiger partial charge in [-0.15, -0.1) is 0 Å². The van der Waals surface area contributed by atoms with Crippen molar-refractivity contribution in [3.8, 4) is 11.5 Å². The highest BCUT2D eigenvalue weighted by atomic mass is 16.5. The lowest BCUT2D eigenvalue weighted by Gasteiger charge is -2.12. The molecular formula is C13H22O3. The molecule has 3 nitrogen and oxygen atoms in total.